The molecule has 1 aliphatic carbocycles. The van der Waals surface area contributed by atoms with Crippen LogP contribution in [0.3, 0.4) is 0 Å². The van der Waals surface area contributed by atoms with Gasteiger partial charge in [-0.2, -0.15) is 0 Å². The molecule has 2 atom stereocenters. The van der Waals surface area contributed by atoms with Gasteiger partial charge in [0.1, 0.15) is 6.04 Å². The third kappa shape index (κ3) is 11.4. The minimum Gasteiger partial charge on any atom is -0.466 e. The third-order valence-electron chi connectivity index (χ3n) is 5.12. The fourth-order valence-electron chi connectivity index (χ4n) is 3.63. The van der Waals surface area contributed by atoms with Crippen LogP contribution in [-0.2, 0) is 19.1 Å². The highest BCUT2D eigenvalue weighted by Gasteiger charge is 2.20. The van der Waals surface area contributed by atoms with Gasteiger partial charge in [0, 0.05) is 6.42 Å². The summed E-state index contributed by atoms with van der Waals surface area (Å²) in [5.74, 6) is 0.232. The van der Waals surface area contributed by atoms with Crippen LogP contribution in [0.4, 0.5) is 0 Å². The molecule has 0 radical (unpaired) electrons. The molecular formula is C22H39NO5. The Hall–Kier alpha value is -1.40. The van der Waals surface area contributed by atoms with Crippen LogP contribution in [0.1, 0.15) is 78.1 Å². The number of hydrogen-bond acceptors (Lipinski definition) is 6. The second-order valence-electron chi connectivity index (χ2n) is 7.49. The zero-order chi connectivity index (χ0) is 20.6. The highest BCUT2D eigenvalue weighted by atomic mass is 16.5. The van der Waals surface area contributed by atoms with Gasteiger partial charge in [-0.1, -0.05) is 37.8 Å². The number of carbonyl (C=O) groups excluding carboxylic acids is 2. The number of carbonyl (C=O) groups is 2. The molecule has 0 spiro atoms. The molecule has 0 aromatic heterocycles. The molecule has 6 heteroatoms. The fourth-order valence-corrected chi connectivity index (χ4v) is 3.63. The maximum absolute atomic E-state index is 12.1. The summed E-state index contributed by atoms with van der Waals surface area (Å²) in [7, 11) is 0. The Bertz CT molecular complexity index is 460. The zero-order valence-corrected chi connectivity index (χ0v) is 17.7. The van der Waals surface area contributed by atoms with E-state index in [1.54, 1.807) is 13.8 Å². The quantitative estimate of drug-likeness (QED) is 0.250. The van der Waals surface area contributed by atoms with Crippen molar-refractivity contribution in [1.29, 1.82) is 0 Å². The van der Waals surface area contributed by atoms with E-state index in [-0.39, 0.29) is 18.0 Å². The van der Waals surface area contributed by atoms with Crippen molar-refractivity contribution in [2.75, 3.05) is 19.8 Å². The van der Waals surface area contributed by atoms with E-state index < -0.39 is 6.04 Å². The lowest BCUT2D eigenvalue weighted by Gasteiger charge is -2.19. The maximum atomic E-state index is 12.1. The predicted molar refractivity (Wildman–Crippen MR) is 110 cm³/mol. The van der Waals surface area contributed by atoms with Crippen molar-refractivity contribution in [1.82, 2.24) is 5.32 Å². The van der Waals surface area contributed by atoms with Crippen LogP contribution in [0.25, 0.3) is 0 Å². The van der Waals surface area contributed by atoms with Gasteiger partial charge in [0.05, 0.1) is 19.3 Å². The number of allylic oxidation sites excluding steroid dienone is 1. The Morgan fingerprint density at radius 3 is 2.54 bits per heavy atom. The van der Waals surface area contributed by atoms with E-state index >= 15 is 0 Å². The number of aliphatic hydroxyl groups is 1. The van der Waals surface area contributed by atoms with E-state index in [0.717, 1.165) is 19.3 Å². The Labute approximate surface area is 170 Å². The molecule has 0 bridgehead atoms. The first-order valence-corrected chi connectivity index (χ1v) is 11.0. The molecule has 0 aliphatic heterocycles. The lowest BCUT2D eigenvalue weighted by molar-refractivity contribution is -0.145. The van der Waals surface area contributed by atoms with Gasteiger partial charge in [-0.3, -0.25) is 9.59 Å². The normalized spacial score (nSPS) is 17.0. The summed E-state index contributed by atoms with van der Waals surface area (Å²) in [5, 5.41) is 13.4. The zero-order valence-electron chi connectivity index (χ0n) is 17.7. The average molecular weight is 398 g/mol. The molecule has 6 nitrogen and oxygen atoms in total. The first-order chi connectivity index (χ1) is 13.6. The molecule has 2 N–H and O–H groups in total. The highest BCUT2D eigenvalue weighted by Crippen LogP contribution is 2.29. The summed E-state index contributed by atoms with van der Waals surface area (Å²) < 4.78 is 10.0. The van der Waals surface area contributed by atoms with E-state index in [9.17, 15) is 14.7 Å². The number of ether oxygens (including phenoxy) is 2. The highest BCUT2D eigenvalue weighted by molar-refractivity contribution is 5.76. The SMILES string of the molecule is CCOC(=O)CCC/C=C\CC(NCCC(O)CC1CCCC1)C(=O)OCC. The molecule has 162 valence electrons. The maximum Gasteiger partial charge on any atom is 0.323 e. The third-order valence-corrected chi connectivity index (χ3v) is 5.12. The molecule has 2 unspecified atom stereocenters. The van der Waals surface area contributed by atoms with E-state index in [2.05, 4.69) is 5.32 Å². The first-order valence-electron chi connectivity index (χ1n) is 11.0. The monoisotopic (exact) mass is 397 g/mol. The standard InChI is InChI=1S/C22H39NO5/c1-3-27-21(25)14-8-6-5-7-13-20(22(26)28-4-2)23-16-15-19(24)17-18-11-9-10-12-18/h5,7,18-20,23-24H,3-4,6,8-17H2,1-2H3/b7-5-. The number of nitrogens with one attached hydrogen (secondary N) is 1. The van der Waals surface area contributed by atoms with Crippen LogP contribution in [0.15, 0.2) is 12.2 Å². The van der Waals surface area contributed by atoms with Crippen LogP contribution < -0.4 is 5.32 Å². The van der Waals surface area contributed by atoms with Gasteiger partial charge in [0.15, 0.2) is 0 Å². The summed E-state index contributed by atoms with van der Waals surface area (Å²) in [6.45, 7) is 4.95. The summed E-state index contributed by atoms with van der Waals surface area (Å²) in [5.41, 5.74) is 0. The molecule has 1 saturated carbocycles. The topological polar surface area (TPSA) is 84.9 Å². The van der Waals surface area contributed by atoms with Crippen LogP contribution in [0.5, 0.6) is 0 Å². The second-order valence-corrected chi connectivity index (χ2v) is 7.49. The fraction of sp³-hybridized carbons (Fsp3) is 0.818. The number of unbranched alkanes of at least 4 members (excludes halogenated alkanes) is 1. The molecule has 0 heterocycles. The molecule has 28 heavy (non-hydrogen) atoms. The van der Waals surface area contributed by atoms with Crippen molar-refractivity contribution < 1.29 is 24.2 Å². The number of rotatable bonds is 15. The van der Waals surface area contributed by atoms with Crippen LogP contribution >= 0.6 is 0 Å². The van der Waals surface area contributed by atoms with Crippen molar-refractivity contribution in [3.05, 3.63) is 12.2 Å². The second kappa shape index (κ2) is 15.5. The average Bonchev–Trinajstić information content (AvgIpc) is 3.16. The predicted octanol–water partition coefficient (Wildman–Crippen LogP) is 3.52. The van der Waals surface area contributed by atoms with Crippen LogP contribution in [0.2, 0.25) is 0 Å². The van der Waals surface area contributed by atoms with E-state index in [0.29, 0.717) is 44.9 Å². The summed E-state index contributed by atoms with van der Waals surface area (Å²) in [6, 6.07) is -0.403. The minimum absolute atomic E-state index is 0.168. The molecule has 1 rings (SSSR count). The van der Waals surface area contributed by atoms with Crippen molar-refractivity contribution in [3.8, 4) is 0 Å². The smallest absolute Gasteiger partial charge is 0.323 e. The van der Waals surface area contributed by atoms with Crippen molar-refractivity contribution in [2.24, 2.45) is 5.92 Å². The van der Waals surface area contributed by atoms with Gasteiger partial charge in [-0.05, 0) is 58.4 Å². The number of aliphatic hydroxyl groups excluding tert-OH is 1. The van der Waals surface area contributed by atoms with Gasteiger partial charge in [0.25, 0.3) is 0 Å². The van der Waals surface area contributed by atoms with Gasteiger partial charge in [-0.25, -0.2) is 0 Å². The van der Waals surface area contributed by atoms with Gasteiger partial charge >= 0.3 is 11.9 Å². The van der Waals surface area contributed by atoms with Crippen molar-refractivity contribution in [3.63, 3.8) is 0 Å². The van der Waals surface area contributed by atoms with E-state index in [1.807, 2.05) is 12.2 Å². The number of esters is 2. The van der Waals surface area contributed by atoms with Gasteiger partial charge in [0.2, 0.25) is 0 Å². The largest absolute Gasteiger partial charge is 0.466 e. The molecule has 0 amide bonds. The van der Waals surface area contributed by atoms with Gasteiger partial charge < -0.3 is 19.9 Å². The number of hydrogen-bond donors (Lipinski definition) is 2. The molecule has 1 aliphatic rings. The minimum atomic E-state index is -0.403. The molecular weight excluding hydrogens is 358 g/mol. The summed E-state index contributed by atoms with van der Waals surface area (Å²) in [6.07, 6.45) is 12.6. The van der Waals surface area contributed by atoms with E-state index in [1.165, 1.54) is 25.7 Å². The summed E-state index contributed by atoms with van der Waals surface area (Å²) in [4.78, 5) is 23.4. The Balaban J connectivity index is 2.27. The summed E-state index contributed by atoms with van der Waals surface area (Å²) >= 11 is 0. The van der Waals surface area contributed by atoms with Crippen molar-refractivity contribution in [2.45, 2.75) is 90.2 Å². The first kappa shape index (κ1) is 24.6. The van der Waals surface area contributed by atoms with Gasteiger partial charge in [-0.15, -0.1) is 0 Å². The Kier molecular flexibility index (Phi) is 13.7. The lowest BCUT2D eigenvalue weighted by Crippen LogP contribution is -2.39. The van der Waals surface area contributed by atoms with Crippen LogP contribution in [-0.4, -0.2) is 48.9 Å². The molecule has 1 fully saturated rings. The molecule has 0 aromatic rings. The Morgan fingerprint density at radius 2 is 1.86 bits per heavy atom. The molecule has 0 aromatic carbocycles. The Morgan fingerprint density at radius 1 is 1.14 bits per heavy atom. The van der Waals surface area contributed by atoms with Crippen LogP contribution in [0, 0.1) is 5.92 Å². The van der Waals surface area contributed by atoms with E-state index in [4.69, 9.17) is 9.47 Å². The van der Waals surface area contributed by atoms with Crippen molar-refractivity contribution >= 4 is 11.9 Å². The molecule has 0 saturated heterocycles. The lowest BCUT2D eigenvalue weighted by atomic mass is 9.98.